The summed E-state index contributed by atoms with van der Waals surface area (Å²) in [5.74, 6) is 0.432. The third-order valence-corrected chi connectivity index (χ3v) is 3.85. The SMILES string of the molecule is CCNC(c1ccc(OC)c(C)c1)c1cccc(F)c1Cl. The predicted octanol–water partition coefficient (Wildman–Crippen LogP) is 4.50. The second-order valence-electron chi connectivity index (χ2n) is 4.86. The lowest BCUT2D eigenvalue weighted by molar-refractivity contribution is 0.411. The zero-order valence-corrected chi connectivity index (χ0v) is 13.2. The van der Waals surface area contributed by atoms with Gasteiger partial charge in [0.05, 0.1) is 18.2 Å². The van der Waals surface area contributed by atoms with E-state index in [1.807, 2.05) is 38.1 Å². The lowest BCUT2D eigenvalue weighted by atomic mass is 9.96. The number of ether oxygens (including phenoxy) is 1. The van der Waals surface area contributed by atoms with Crippen molar-refractivity contribution in [3.63, 3.8) is 0 Å². The summed E-state index contributed by atoms with van der Waals surface area (Å²) in [6.07, 6.45) is 0. The Balaban J connectivity index is 2.48. The first-order valence-electron chi connectivity index (χ1n) is 6.90. The minimum absolute atomic E-state index is 0.150. The van der Waals surface area contributed by atoms with Crippen molar-refractivity contribution < 1.29 is 9.13 Å². The van der Waals surface area contributed by atoms with Crippen molar-refractivity contribution in [1.29, 1.82) is 0 Å². The van der Waals surface area contributed by atoms with Crippen LogP contribution in [0.25, 0.3) is 0 Å². The molecule has 0 amide bonds. The van der Waals surface area contributed by atoms with Gasteiger partial charge >= 0.3 is 0 Å². The number of hydrogen-bond donors (Lipinski definition) is 1. The summed E-state index contributed by atoms with van der Waals surface area (Å²) in [6.45, 7) is 4.75. The maximum Gasteiger partial charge on any atom is 0.142 e. The highest BCUT2D eigenvalue weighted by Gasteiger charge is 2.18. The first-order chi connectivity index (χ1) is 10.1. The Labute approximate surface area is 129 Å². The molecular formula is C17H19ClFNO. The fraction of sp³-hybridized carbons (Fsp3) is 0.294. The van der Waals surface area contributed by atoms with Crippen molar-refractivity contribution >= 4 is 11.6 Å². The standard InChI is InChI=1S/C17H19ClFNO/c1-4-20-17(13-6-5-7-14(19)16(13)18)12-8-9-15(21-3)11(2)10-12/h5-10,17,20H,4H2,1-3H3. The highest BCUT2D eigenvalue weighted by molar-refractivity contribution is 6.31. The van der Waals surface area contributed by atoms with E-state index in [4.69, 9.17) is 16.3 Å². The van der Waals surface area contributed by atoms with Gasteiger partial charge in [0, 0.05) is 0 Å². The molecule has 0 aliphatic rings. The second-order valence-corrected chi connectivity index (χ2v) is 5.24. The maximum absolute atomic E-state index is 13.7. The Morgan fingerprint density at radius 1 is 1.29 bits per heavy atom. The van der Waals surface area contributed by atoms with Crippen LogP contribution in [0.1, 0.15) is 29.7 Å². The van der Waals surface area contributed by atoms with Crippen LogP contribution in [-0.2, 0) is 0 Å². The van der Waals surface area contributed by atoms with Gasteiger partial charge in [-0.05, 0) is 42.3 Å². The van der Waals surface area contributed by atoms with Crippen LogP contribution in [0.4, 0.5) is 4.39 Å². The number of aryl methyl sites for hydroxylation is 1. The molecule has 2 aromatic carbocycles. The Bertz CT molecular complexity index is 630. The van der Waals surface area contributed by atoms with Crippen LogP contribution >= 0.6 is 11.6 Å². The van der Waals surface area contributed by atoms with Crippen molar-refractivity contribution in [2.24, 2.45) is 0 Å². The molecule has 0 bridgehead atoms. The first-order valence-corrected chi connectivity index (χ1v) is 7.28. The minimum Gasteiger partial charge on any atom is -0.496 e. The number of halogens is 2. The molecule has 0 spiro atoms. The fourth-order valence-corrected chi connectivity index (χ4v) is 2.67. The fourth-order valence-electron chi connectivity index (χ4n) is 2.44. The van der Waals surface area contributed by atoms with Gasteiger partial charge in [-0.2, -0.15) is 0 Å². The van der Waals surface area contributed by atoms with E-state index in [1.165, 1.54) is 6.07 Å². The molecule has 2 rings (SSSR count). The smallest absolute Gasteiger partial charge is 0.142 e. The maximum atomic E-state index is 13.7. The molecule has 112 valence electrons. The predicted molar refractivity (Wildman–Crippen MR) is 84.7 cm³/mol. The first kappa shape index (κ1) is 15.8. The number of methoxy groups -OCH3 is 1. The van der Waals surface area contributed by atoms with E-state index in [-0.39, 0.29) is 11.1 Å². The van der Waals surface area contributed by atoms with Crippen LogP contribution in [0.2, 0.25) is 5.02 Å². The van der Waals surface area contributed by atoms with Crippen molar-refractivity contribution in [3.8, 4) is 5.75 Å². The number of hydrogen-bond acceptors (Lipinski definition) is 2. The van der Waals surface area contributed by atoms with Gasteiger partial charge in [-0.1, -0.05) is 42.8 Å². The van der Waals surface area contributed by atoms with Crippen molar-refractivity contribution in [2.75, 3.05) is 13.7 Å². The highest BCUT2D eigenvalue weighted by atomic mass is 35.5. The summed E-state index contributed by atoms with van der Waals surface area (Å²) >= 11 is 6.13. The van der Waals surface area contributed by atoms with E-state index >= 15 is 0 Å². The molecule has 0 aliphatic carbocycles. The summed E-state index contributed by atoms with van der Waals surface area (Å²) in [4.78, 5) is 0. The van der Waals surface area contributed by atoms with Crippen LogP contribution in [0.3, 0.4) is 0 Å². The van der Waals surface area contributed by atoms with Crippen LogP contribution in [0.5, 0.6) is 5.75 Å². The van der Waals surface area contributed by atoms with E-state index in [0.717, 1.165) is 29.0 Å². The molecule has 0 aromatic heterocycles. The summed E-state index contributed by atoms with van der Waals surface area (Å²) in [5, 5.41) is 3.52. The number of benzene rings is 2. The minimum atomic E-state index is -0.401. The van der Waals surface area contributed by atoms with Gasteiger partial charge in [0.25, 0.3) is 0 Å². The molecule has 2 aromatic rings. The van der Waals surface area contributed by atoms with Gasteiger partial charge in [-0.3, -0.25) is 0 Å². The van der Waals surface area contributed by atoms with Gasteiger partial charge < -0.3 is 10.1 Å². The monoisotopic (exact) mass is 307 g/mol. The summed E-state index contributed by atoms with van der Waals surface area (Å²) in [5.41, 5.74) is 2.80. The topological polar surface area (TPSA) is 21.3 Å². The Kier molecular flexibility index (Phi) is 5.21. The second kappa shape index (κ2) is 6.92. The molecule has 0 saturated carbocycles. The van der Waals surface area contributed by atoms with Gasteiger partial charge in [0.2, 0.25) is 0 Å². The van der Waals surface area contributed by atoms with Gasteiger partial charge in [-0.25, -0.2) is 4.39 Å². The Morgan fingerprint density at radius 2 is 2.05 bits per heavy atom. The molecule has 0 aliphatic heterocycles. The van der Waals surface area contributed by atoms with Crippen LogP contribution in [-0.4, -0.2) is 13.7 Å². The lowest BCUT2D eigenvalue weighted by Crippen LogP contribution is -2.22. The zero-order valence-electron chi connectivity index (χ0n) is 12.4. The molecule has 1 unspecified atom stereocenters. The number of nitrogens with one attached hydrogen (secondary N) is 1. The average Bonchev–Trinajstić information content (AvgIpc) is 2.48. The van der Waals surface area contributed by atoms with E-state index in [0.29, 0.717) is 0 Å². The molecule has 0 radical (unpaired) electrons. The molecule has 0 saturated heterocycles. The summed E-state index contributed by atoms with van der Waals surface area (Å²) < 4.78 is 19.0. The summed E-state index contributed by atoms with van der Waals surface area (Å²) in [7, 11) is 1.65. The van der Waals surface area contributed by atoms with E-state index in [1.54, 1.807) is 13.2 Å². The van der Waals surface area contributed by atoms with Crippen molar-refractivity contribution in [1.82, 2.24) is 5.32 Å². The molecule has 21 heavy (non-hydrogen) atoms. The molecule has 2 nitrogen and oxygen atoms in total. The molecule has 0 heterocycles. The van der Waals surface area contributed by atoms with E-state index in [9.17, 15) is 4.39 Å². The molecule has 4 heteroatoms. The van der Waals surface area contributed by atoms with Crippen LogP contribution in [0, 0.1) is 12.7 Å². The summed E-state index contributed by atoms with van der Waals surface area (Å²) in [6, 6.07) is 10.7. The Morgan fingerprint density at radius 3 is 2.67 bits per heavy atom. The third-order valence-electron chi connectivity index (χ3n) is 3.45. The van der Waals surface area contributed by atoms with Gasteiger partial charge in [0.1, 0.15) is 11.6 Å². The lowest BCUT2D eigenvalue weighted by Gasteiger charge is -2.21. The molecule has 0 fully saturated rings. The largest absolute Gasteiger partial charge is 0.496 e. The van der Waals surface area contributed by atoms with E-state index in [2.05, 4.69) is 5.32 Å². The quantitative estimate of drug-likeness (QED) is 0.878. The molecule has 1 atom stereocenters. The average molecular weight is 308 g/mol. The molecule has 1 N–H and O–H groups in total. The Hall–Kier alpha value is -1.58. The zero-order chi connectivity index (χ0) is 15.4. The molecular weight excluding hydrogens is 289 g/mol. The van der Waals surface area contributed by atoms with Gasteiger partial charge in [-0.15, -0.1) is 0 Å². The van der Waals surface area contributed by atoms with Crippen LogP contribution < -0.4 is 10.1 Å². The van der Waals surface area contributed by atoms with Gasteiger partial charge in [0.15, 0.2) is 0 Å². The van der Waals surface area contributed by atoms with Crippen LogP contribution in [0.15, 0.2) is 36.4 Å². The van der Waals surface area contributed by atoms with Crippen molar-refractivity contribution in [3.05, 3.63) is 63.9 Å². The highest BCUT2D eigenvalue weighted by Crippen LogP contribution is 2.32. The third kappa shape index (κ3) is 3.36. The number of rotatable bonds is 5. The normalized spacial score (nSPS) is 12.2. The van der Waals surface area contributed by atoms with E-state index < -0.39 is 5.82 Å². The van der Waals surface area contributed by atoms with Crippen molar-refractivity contribution in [2.45, 2.75) is 19.9 Å².